The van der Waals surface area contributed by atoms with Crippen LogP contribution in [0.25, 0.3) is 0 Å². The van der Waals surface area contributed by atoms with Gasteiger partial charge in [-0.05, 0) is 31.4 Å². The molecule has 2 rings (SSSR count). The smallest absolute Gasteiger partial charge is 0.293 e. The van der Waals surface area contributed by atoms with E-state index in [2.05, 4.69) is 0 Å². The van der Waals surface area contributed by atoms with Crippen LogP contribution >= 0.6 is 0 Å². The van der Waals surface area contributed by atoms with Gasteiger partial charge in [0.05, 0.1) is 9.82 Å². The number of nitrogen functional groups attached to an aromatic ring is 1. The van der Waals surface area contributed by atoms with Crippen LogP contribution in [-0.4, -0.2) is 30.7 Å². The Labute approximate surface area is 117 Å². The number of anilines is 1. The molecule has 0 radical (unpaired) electrons. The van der Waals surface area contributed by atoms with Gasteiger partial charge in [0.15, 0.2) is 0 Å². The van der Waals surface area contributed by atoms with Crippen molar-refractivity contribution < 1.29 is 13.3 Å². The summed E-state index contributed by atoms with van der Waals surface area (Å²) in [5.41, 5.74) is 5.60. The first-order valence-corrected chi connectivity index (χ1v) is 7.82. The highest BCUT2D eigenvalue weighted by molar-refractivity contribution is 7.89. The summed E-state index contributed by atoms with van der Waals surface area (Å²) in [6.45, 7) is 2.51. The Hall–Kier alpha value is -1.67. The number of nitrogens with two attached hydrogens (primary N) is 1. The highest BCUT2D eigenvalue weighted by atomic mass is 32.2. The van der Waals surface area contributed by atoms with Gasteiger partial charge in [-0.15, -0.1) is 0 Å². The minimum absolute atomic E-state index is 0.0231. The third kappa shape index (κ3) is 2.61. The van der Waals surface area contributed by atoms with Crippen LogP contribution in [0.4, 0.5) is 11.4 Å². The molecule has 1 aromatic rings. The van der Waals surface area contributed by atoms with E-state index in [-0.39, 0.29) is 16.3 Å². The lowest BCUT2D eigenvalue weighted by Crippen LogP contribution is -2.36. The molecule has 1 aliphatic rings. The highest BCUT2D eigenvalue weighted by Crippen LogP contribution is 2.30. The van der Waals surface area contributed by atoms with Gasteiger partial charge in [-0.1, -0.05) is 6.42 Å². The number of rotatable bonds is 3. The monoisotopic (exact) mass is 299 g/mol. The van der Waals surface area contributed by atoms with E-state index < -0.39 is 14.9 Å². The van der Waals surface area contributed by atoms with E-state index in [0.29, 0.717) is 18.7 Å². The molecule has 1 saturated heterocycles. The summed E-state index contributed by atoms with van der Waals surface area (Å²) in [6.07, 6.45) is 2.64. The van der Waals surface area contributed by atoms with Gasteiger partial charge < -0.3 is 5.73 Å². The number of nitro groups is 1. The van der Waals surface area contributed by atoms with Gasteiger partial charge in [0.2, 0.25) is 10.0 Å². The number of aryl methyl sites for hydroxylation is 1. The lowest BCUT2D eigenvalue weighted by atomic mass is 10.2. The van der Waals surface area contributed by atoms with E-state index >= 15 is 0 Å². The third-order valence-electron chi connectivity index (χ3n) is 3.45. The number of piperidine rings is 1. The summed E-state index contributed by atoms with van der Waals surface area (Å²) in [5, 5.41) is 10.9. The Morgan fingerprint density at radius 3 is 2.40 bits per heavy atom. The van der Waals surface area contributed by atoms with Gasteiger partial charge in [0.25, 0.3) is 5.69 Å². The second kappa shape index (κ2) is 5.37. The van der Waals surface area contributed by atoms with Gasteiger partial charge in [0, 0.05) is 19.2 Å². The predicted octanol–water partition coefficient (Wildman–Crippen LogP) is 1.66. The number of hydrogen-bond acceptors (Lipinski definition) is 5. The van der Waals surface area contributed by atoms with Crippen molar-refractivity contribution in [3.63, 3.8) is 0 Å². The first kappa shape index (κ1) is 14.7. The Bertz CT molecular complexity index is 636. The van der Waals surface area contributed by atoms with Crippen molar-refractivity contribution >= 4 is 21.4 Å². The fraction of sp³-hybridized carbons (Fsp3) is 0.500. The topological polar surface area (TPSA) is 107 Å². The average molecular weight is 299 g/mol. The maximum absolute atomic E-state index is 12.6. The van der Waals surface area contributed by atoms with E-state index in [0.717, 1.165) is 25.3 Å². The molecule has 7 nitrogen and oxygen atoms in total. The zero-order chi connectivity index (χ0) is 14.9. The molecule has 1 fully saturated rings. The molecule has 0 amide bonds. The van der Waals surface area contributed by atoms with Gasteiger partial charge in [-0.25, -0.2) is 8.42 Å². The van der Waals surface area contributed by atoms with Gasteiger partial charge in [-0.2, -0.15) is 4.31 Å². The molecular formula is C12H17N3O4S. The van der Waals surface area contributed by atoms with Crippen LogP contribution in [-0.2, 0) is 10.0 Å². The van der Waals surface area contributed by atoms with E-state index in [4.69, 9.17) is 5.73 Å². The molecule has 20 heavy (non-hydrogen) atoms. The van der Waals surface area contributed by atoms with Crippen molar-refractivity contribution in [2.24, 2.45) is 0 Å². The molecule has 0 aromatic heterocycles. The molecule has 1 aromatic carbocycles. The number of benzene rings is 1. The van der Waals surface area contributed by atoms with Crippen molar-refractivity contribution in [2.75, 3.05) is 18.8 Å². The molecule has 0 unspecified atom stereocenters. The Morgan fingerprint density at radius 2 is 1.85 bits per heavy atom. The molecule has 1 aliphatic heterocycles. The Kier molecular flexibility index (Phi) is 3.96. The average Bonchev–Trinajstić information content (AvgIpc) is 2.39. The molecule has 1 heterocycles. The SMILES string of the molecule is Cc1cc(N)c([N+](=O)[O-])cc1S(=O)(=O)N1CCCCC1. The predicted molar refractivity (Wildman–Crippen MR) is 74.9 cm³/mol. The van der Waals surface area contributed by atoms with Crippen molar-refractivity contribution in [2.45, 2.75) is 31.1 Å². The van der Waals surface area contributed by atoms with Crippen LogP contribution in [0.5, 0.6) is 0 Å². The second-order valence-electron chi connectivity index (χ2n) is 4.90. The zero-order valence-corrected chi connectivity index (χ0v) is 12.0. The van der Waals surface area contributed by atoms with Gasteiger partial charge in [-0.3, -0.25) is 10.1 Å². The number of sulfonamides is 1. The van der Waals surface area contributed by atoms with Crippen LogP contribution in [0.2, 0.25) is 0 Å². The van der Waals surface area contributed by atoms with Gasteiger partial charge in [0.1, 0.15) is 5.69 Å². The Morgan fingerprint density at radius 1 is 1.25 bits per heavy atom. The quantitative estimate of drug-likeness (QED) is 0.519. The lowest BCUT2D eigenvalue weighted by Gasteiger charge is -2.26. The maximum Gasteiger partial charge on any atom is 0.293 e. The number of nitro benzene ring substituents is 1. The van der Waals surface area contributed by atoms with E-state index in [1.54, 1.807) is 6.92 Å². The maximum atomic E-state index is 12.6. The molecule has 0 spiro atoms. The fourth-order valence-corrected chi connectivity index (χ4v) is 4.12. The van der Waals surface area contributed by atoms with E-state index in [1.165, 1.54) is 10.4 Å². The molecule has 0 saturated carbocycles. The summed E-state index contributed by atoms with van der Waals surface area (Å²) in [4.78, 5) is 10.2. The van der Waals surface area contributed by atoms with Gasteiger partial charge >= 0.3 is 0 Å². The first-order chi connectivity index (χ1) is 9.34. The van der Waals surface area contributed by atoms with Crippen LogP contribution in [0.3, 0.4) is 0 Å². The molecule has 0 bridgehead atoms. The normalized spacial score (nSPS) is 17.1. The summed E-state index contributed by atoms with van der Waals surface area (Å²) in [5.74, 6) is 0. The summed E-state index contributed by atoms with van der Waals surface area (Å²) in [7, 11) is -3.69. The van der Waals surface area contributed by atoms with Crippen LogP contribution in [0.15, 0.2) is 17.0 Å². The lowest BCUT2D eigenvalue weighted by molar-refractivity contribution is -0.384. The zero-order valence-electron chi connectivity index (χ0n) is 11.2. The largest absolute Gasteiger partial charge is 0.393 e. The van der Waals surface area contributed by atoms with E-state index in [1.807, 2.05) is 0 Å². The minimum atomic E-state index is -3.69. The Balaban J connectivity index is 2.50. The second-order valence-corrected chi connectivity index (χ2v) is 6.80. The van der Waals surface area contributed by atoms with Crippen molar-refractivity contribution in [3.05, 3.63) is 27.8 Å². The molecule has 8 heteroatoms. The molecule has 0 aliphatic carbocycles. The van der Waals surface area contributed by atoms with Crippen molar-refractivity contribution in [1.82, 2.24) is 4.31 Å². The van der Waals surface area contributed by atoms with Crippen LogP contribution in [0, 0.1) is 17.0 Å². The fourth-order valence-electron chi connectivity index (χ4n) is 2.38. The standard InChI is InChI=1S/C12H17N3O4S/c1-9-7-10(13)11(15(16)17)8-12(9)20(18,19)14-5-3-2-4-6-14/h7-8H,2-6,13H2,1H3. The summed E-state index contributed by atoms with van der Waals surface area (Å²) < 4.78 is 26.5. The van der Waals surface area contributed by atoms with Crippen molar-refractivity contribution in [3.8, 4) is 0 Å². The molecule has 110 valence electrons. The number of hydrogen-bond donors (Lipinski definition) is 1. The highest BCUT2D eigenvalue weighted by Gasteiger charge is 2.29. The number of nitrogens with zero attached hydrogens (tertiary/aromatic N) is 2. The van der Waals surface area contributed by atoms with Crippen molar-refractivity contribution in [1.29, 1.82) is 0 Å². The summed E-state index contributed by atoms with van der Waals surface area (Å²) in [6, 6.07) is 2.41. The first-order valence-electron chi connectivity index (χ1n) is 6.38. The third-order valence-corrected chi connectivity index (χ3v) is 5.49. The van der Waals surface area contributed by atoms with Crippen LogP contribution < -0.4 is 5.73 Å². The molecule has 0 atom stereocenters. The molecule has 2 N–H and O–H groups in total. The van der Waals surface area contributed by atoms with Crippen LogP contribution in [0.1, 0.15) is 24.8 Å². The molecular weight excluding hydrogens is 282 g/mol. The summed E-state index contributed by atoms with van der Waals surface area (Å²) >= 11 is 0. The minimum Gasteiger partial charge on any atom is -0.393 e. The van der Waals surface area contributed by atoms with E-state index in [9.17, 15) is 18.5 Å².